The number of anilines is 4. The number of carbonyl (C=O) groups is 4. The summed E-state index contributed by atoms with van der Waals surface area (Å²) in [6.07, 6.45) is 2.93. The minimum atomic E-state index is -0.826. The first-order valence-electron chi connectivity index (χ1n) is 12.0. The van der Waals surface area contributed by atoms with Gasteiger partial charge in [-0.15, -0.1) is 0 Å². The SMILES string of the molecule is CC(=O)Nc1ccc(NC(=O)CC2C(=O)Nc3ccccc3N2CC(=O)N2CCCCC2C)cc1. The first-order valence-corrected chi connectivity index (χ1v) is 12.0. The van der Waals surface area contributed by atoms with Gasteiger partial charge in [-0.05, 0) is 62.6 Å². The minimum absolute atomic E-state index is 0.0259. The van der Waals surface area contributed by atoms with E-state index in [9.17, 15) is 19.2 Å². The van der Waals surface area contributed by atoms with Crippen molar-refractivity contribution in [2.45, 2.75) is 51.6 Å². The van der Waals surface area contributed by atoms with E-state index in [2.05, 4.69) is 22.9 Å². The molecule has 0 aromatic heterocycles. The molecule has 35 heavy (non-hydrogen) atoms. The number of hydrogen-bond donors (Lipinski definition) is 3. The predicted octanol–water partition coefficient (Wildman–Crippen LogP) is 3.20. The van der Waals surface area contributed by atoms with Crippen LogP contribution >= 0.6 is 0 Å². The lowest BCUT2D eigenvalue weighted by atomic mass is 10.0. The topological polar surface area (TPSA) is 111 Å². The second-order valence-electron chi connectivity index (χ2n) is 9.09. The third-order valence-electron chi connectivity index (χ3n) is 6.45. The molecular weight excluding hydrogens is 446 g/mol. The van der Waals surface area contributed by atoms with Gasteiger partial charge in [0.25, 0.3) is 0 Å². The summed E-state index contributed by atoms with van der Waals surface area (Å²) >= 11 is 0. The van der Waals surface area contributed by atoms with E-state index in [1.165, 1.54) is 6.92 Å². The maximum absolute atomic E-state index is 13.2. The molecule has 2 unspecified atom stereocenters. The van der Waals surface area contributed by atoms with E-state index >= 15 is 0 Å². The van der Waals surface area contributed by atoms with Gasteiger partial charge in [-0.2, -0.15) is 0 Å². The lowest BCUT2D eigenvalue weighted by Gasteiger charge is -2.40. The van der Waals surface area contributed by atoms with Crippen molar-refractivity contribution in [3.05, 3.63) is 48.5 Å². The molecule has 1 fully saturated rings. The third-order valence-corrected chi connectivity index (χ3v) is 6.45. The molecule has 2 aromatic carbocycles. The number of rotatable bonds is 6. The van der Waals surface area contributed by atoms with Crippen molar-refractivity contribution < 1.29 is 19.2 Å². The monoisotopic (exact) mass is 477 g/mol. The van der Waals surface area contributed by atoms with E-state index in [0.717, 1.165) is 24.9 Å². The van der Waals surface area contributed by atoms with E-state index in [0.29, 0.717) is 23.6 Å². The fourth-order valence-corrected chi connectivity index (χ4v) is 4.69. The molecule has 3 N–H and O–H groups in total. The van der Waals surface area contributed by atoms with Crippen LogP contribution in [0.3, 0.4) is 0 Å². The van der Waals surface area contributed by atoms with Gasteiger partial charge in [-0.25, -0.2) is 0 Å². The van der Waals surface area contributed by atoms with Gasteiger partial charge in [0.2, 0.25) is 23.6 Å². The molecule has 0 aliphatic carbocycles. The lowest BCUT2D eigenvalue weighted by molar-refractivity contribution is -0.133. The maximum Gasteiger partial charge on any atom is 0.247 e. The number of nitrogens with zero attached hydrogens (tertiary/aromatic N) is 2. The molecule has 4 rings (SSSR count). The Balaban J connectivity index is 1.50. The fourth-order valence-electron chi connectivity index (χ4n) is 4.69. The number of likely N-dealkylation sites (tertiary alicyclic amines) is 1. The van der Waals surface area contributed by atoms with E-state index in [1.54, 1.807) is 35.2 Å². The molecule has 4 amide bonds. The van der Waals surface area contributed by atoms with Crippen LogP contribution in [-0.4, -0.2) is 53.7 Å². The van der Waals surface area contributed by atoms with Crippen LogP contribution in [-0.2, 0) is 19.2 Å². The van der Waals surface area contributed by atoms with Crippen LogP contribution < -0.4 is 20.9 Å². The zero-order valence-corrected chi connectivity index (χ0v) is 20.0. The Morgan fingerprint density at radius 2 is 1.69 bits per heavy atom. The van der Waals surface area contributed by atoms with Crippen LogP contribution in [0.15, 0.2) is 48.5 Å². The first kappa shape index (κ1) is 24.3. The van der Waals surface area contributed by atoms with Crippen LogP contribution in [0.25, 0.3) is 0 Å². The number of hydrogen-bond acceptors (Lipinski definition) is 5. The Hall–Kier alpha value is -3.88. The van der Waals surface area contributed by atoms with Crippen molar-refractivity contribution in [1.82, 2.24) is 4.90 Å². The number of para-hydroxylation sites is 2. The summed E-state index contributed by atoms with van der Waals surface area (Å²) in [6.45, 7) is 4.21. The van der Waals surface area contributed by atoms with Gasteiger partial charge in [0.05, 0.1) is 24.3 Å². The summed E-state index contributed by atoms with van der Waals surface area (Å²) < 4.78 is 0. The summed E-state index contributed by atoms with van der Waals surface area (Å²) in [5.74, 6) is -0.889. The Bertz CT molecular complexity index is 1120. The normalized spacial score (nSPS) is 19.4. The van der Waals surface area contributed by atoms with Crippen LogP contribution in [0.1, 0.15) is 39.5 Å². The highest BCUT2D eigenvalue weighted by Gasteiger charge is 2.37. The smallest absolute Gasteiger partial charge is 0.247 e. The minimum Gasteiger partial charge on any atom is -0.348 e. The van der Waals surface area contributed by atoms with Gasteiger partial charge in [0, 0.05) is 30.9 Å². The lowest BCUT2D eigenvalue weighted by Crippen LogP contribution is -2.54. The number of amides is 4. The van der Waals surface area contributed by atoms with Crippen molar-refractivity contribution >= 4 is 46.4 Å². The first-order chi connectivity index (χ1) is 16.8. The molecule has 9 heteroatoms. The average molecular weight is 478 g/mol. The molecule has 184 valence electrons. The Kier molecular flexibility index (Phi) is 7.33. The third kappa shape index (κ3) is 5.79. The highest BCUT2D eigenvalue weighted by molar-refractivity contribution is 6.07. The zero-order chi connectivity index (χ0) is 24.9. The summed E-state index contributed by atoms with van der Waals surface area (Å²) in [7, 11) is 0. The van der Waals surface area contributed by atoms with E-state index in [4.69, 9.17) is 0 Å². The van der Waals surface area contributed by atoms with Crippen LogP contribution in [0.2, 0.25) is 0 Å². The molecule has 9 nitrogen and oxygen atoms in total. The highest BCUT2D eigenvalue weighted by Crippen LogP contribution is 2.33. The Morgan fingerprint density at radius 3 is 2.37 bits per heavy atom. The van der Waals surface area contributed by atoms with Crippen molar-refractivity contribution in [1.29, 1.82) is 0 Å². The molecule has 0 spiro atoms. The summed E-state index contributed by atoms with van der Waals surface area (Å²) in [5, 5.41) is 8.35. The van der Waals surface area contributed by atoms with Crippen molar-refractivity contribution in [2.75, 3.05) is 33.9 Å². The molecule has 2 heterocycles. The summed E-state index contributed by atoms with van der Waals surface area (Å²) in [6, 6.07) is 13.4. The second kappa shape index (κ2) is 10.6. The summed E-state index contributed by atoms with van der Waals surface area (Å²) in [5.41, 5.74) is 2.52. The van der Waals surface area contributed by atoms with Crippen LogP contribution in [0.5, 0.6) is 0 Å². The maximum atomic E-state index is 13.2. The average Bonchev–Trinajstić information content (AvgIpc) is 2.82. The van der Waals surface area contributed by atoms with Gasteiger partial charge in [0.1, 0.15) is 6.04 Å². The molecule has 2 aliphatic rings. The van der Waals surface area contributed by atoms with Crippen molar-refractivity contribution in [3.8, 4) is 0 Å². The Morgan fingerprint density at radius 1 is 1.00 bits per heavy atom. The highest BCUT2D eigenvalue weighted by atomic mass is 16.2. The molecule has 0 bridgehead atoms. The van der Waals surface area contributed by atoms with E-state index in [1.807, 2.05) is 23.1 Å². The van der Waals surface area contributed by atoms with Gasteiger partial charge in [-0.3, -0.25) is 19.2 Å². The predicted molar refractivity (Wildman–Crippen MR) is 135 cm³/mol. The molecule has 2 atom stereocenters. The summed E-state index contributed by atoms with van der Waals surface area (Å²) in [4.78, 5) is 54.0. The molecule has 2 aliphatic heterocycles. The van der Waals surface area contributed by atoms with E-state index in [-0.39, 0.29) is 42.6 Å². The molecule has 2 aromatic rings. The number of fused-ring (bicyclic) bond motifs is 1. The number of piperidine rings is 1. The number of benzene rings is 2. The van der Waals surface area contributed by atoms with Crippen molar-refractivity contribution in [2.24, 2.45) is 0 Å². The number of nitrogens with one attached hydrogen (secondary N) is 3. The van der Waals surface area contributed by atoms with Gasteiger partial charge < -0.3 is 25.8 Å². The van der Waals surface area contributed by atoms with Gasteiger partial charge >= 0.3 is 0 Å². The molecular formula is C26H31N5O4. The Labute approximate surface area is 204 Å². The second-order valence-corrected chi connectivity index (χ2v) is 9.09. The number of carbonyl (C=O) groups excluding carboxylic acids is 4. The zero-order valence-electron chi connectivity index (χ0n) is 20.0. The molecule has 0 radical (unpaired) electrons. The quantitative estimate of drug-likeness (QED) is 0.592. The molecule has 1 saturated heterocycles. The van der Waals surface area contributed by atoms with Gasteiger partial charge in [0.15, 0.2) is 0 Å². The van der Waals surface area contributed by atoms with Crippen molar-refractivity contribution in [3.63, 3.8) is 0 Å². The van der Waals surface area contributed by atoms with Crippen LogP contribution in [0.4, 0.5) is 22.7 Å². The standard InChI is InChI=1S/C26H31N5O4/c1-17-7-5-6-14-30(17)25(34)16-31-22-9-4-3-8-21(22)29-26(35)23(31)15-24(33)28-20-12-10-19(11-13-20)27-18(2)32/h3-4,8-13,17,23H,5-7,14-16H2,1-2H3,(H,27,32)(H,28,33)(H,29,35). The van der Waals surface area contributed by atoms with E-state index < -0.39 is 6.04 Å². The largest absolute Gasteiger partial charge is 0.348 e. The van der Waals surface area contributed by atoms with Crippen LogP contribution in [0, 0.1) is 0 Å². The fraction of sp³-hybridized carbons (Fsp3) is 0.385. The molecule has 0 saturated carbocycles. The van der Waals surface area contributed by atoms with Gasteiger partial charge in [-0.1, -0.05) is 12.1 Å².